The van der Waals surface area contributed by atoms with Gasteiger partial charge < -0.3 is 9.47 Å². The molecule has 2 aromatic carbocycles. The highest BCUT2D eigenvalue weighted by Crippen LogP contribution is 2.27. The molecule has 0 atom stereocenters. The highest BCUT2D eigenvalue weighted by Gasteiger charge is 2.27. The van der Waals surface area contributed by atoms with Crippen molar-refractivity contribution < 1.29 is 22.7 Å². The monoisotopic (exact) mass is 429 g/mol. The van der Waals surface area contributed by atoms with Crippen LogP contribution in [0.5, 0.6) is 5.75 Å². The zero-order chi connectivity index (χ0) is 19.6. The van der Waals surface area contributed by atoms with Crippen molar-refractivity contribution in [3.8, 4) is 5.75 Å². The van der Waals surface area contributed by atoms with Crippen molar-refractivity contribution >= 4 is 39.2 Å². The standard InChI is InChI=1S/C18H17Cl2NO5S/c1-12-2-4-14(27(23,24)21-6-8-25-9-7-21)11-15(12)18(22)26-13-3-5-16(19)17(20)10-13/h2-5,10-11H,6-9H2,1H3. The molecule has 1 saturated heterocycles. The molecule has 0 amide bonds. The van der Waals surface area contributed by atoms with Gasteiger partial charge in [-0.25, -0.2) is 13.2 Å². The minimum absolute atomic E-state index is 0.0380. The molecule has 0 saturated carbocycles. The molecule has 0 N–H and O–H groups in total. The van der Waals surface area contributed by atoms with Crippen LogP contribution in [0.4, 0.5) is 0 Å². The molecule has 1 aliphatic rings. The predicted octanol–water partition coefficient (Wildman–Crippen LogP) is 3.54. The van der Waals surface area contributed by atoms with Gasteiger partial charge in [0.2, 0.25) is 10.0 Å². The van der Waals surface area contributed by atoms with Gasteiger partial charge in [-0.15, -0.1) is 0 Å². The van der Waals surface area contributed by atoms with E-state index in [-0.39, 0.29) is 34.3 Å². The second-order valence-electron chi connectivity index (χ2n) is 5.96. The minimum atomic E-state index is -3.71. The molecule has 1 fully saturated rings. The van der Waals surface area contributed by atoms with Gasteiger partial charge in [0, 0.05) is 19.2 Å². The van der Waals surface area contributed by atoms with Crippen molar-refractivity contribution in [2.45, 2.75) is 11.8 Å². The van der Waals surface area contributed by atoms with Crippen LogP contribution < -0.4 is 4.74 Å². The van der Waals surface area contributed by atoms with E-state index in [1.165, 1.54) is 34.6 Å². The Kier molecular flexibility index (Phi) is 6.08. The topological polar surface area (TPSA) is 72.9 Å². The average molecular weight is 430 g/mol. The maximum Gasteiger partial charge on any atom is 0.343 e. The van der Waals surface area contributed by atoms with Crippen LogP contribution >= 0.6 is 23.2 Å². The maximum atomic E-state index is 12.8. The number of carbonyl (C=O) groups is 1. The molecule has 27 heavy (non-hydrogen) atoms. The van der Waals surface area contributed by atoms with E-state index < -0.39 is 16.0 Å². The summed E-state index contributed by atoms with van der Waals surface area (Å²) in [4.78, 5) is 12.6. The molecule has 0 radical (unpaired) electrons. The molecular formula is C18H17Cl2NO5S. The Labute approximate surface area is 167 Å². The molecule has 0 aliphatic carbocycles. The van der Waals surface area contributed by atoms with Gasteiger partial charge >= 0.3 is 5.97 Å². The number of sulfonamides is 1. The third-order valence-electron chi connectivity index (χ3n) is 4.14. The molecule has 144 valence electrons. The van der Waals surface area contributed by atoms with E-state index in [4.69, 9.17) is 32.7 Å². The summed E-state index contributed by atoms with van der Waals surface area (Å²) >= 11 is 11.8. The van der Waals surface area contributed by atoms with E-state index >= 15 is 0 Å². The summed E-state index contributed by atoms with van der Waals surface area (Å²) in [5, 5.41) is 0.591. The average Bonchev–Trinajstić information content (AvgIpc) is 2.65. The third-order valence-corrected chi connectivity index (χ3v) is 6.77. The largest absolute Gasteiger partial charge is 0.423 e. The van der Waals surface area contributed by atoms with E-state index in [0.717, 1.165) is 0 Å². The van der Waals surface area contributed by atoms with Crippen molar-refractivity contribution in [1.82, 2.24) is 4.31 Å². The summed E-state index contributed by atoms with van der Waals surface area (Å²) in [6.07, 6.45) is 0. The Morgan fingerprint density at radius 2 is 1.78 bits per heavy atom. The van der Waals surface area contributed by atoms with Gasteiger partial charge in [0.25, 0.3) is 0 Å². The zero-order valence-corrected chi connectivity index (χ0v) is 16.8. The van der Waals surface area contributed by atoms with Crippen LogP contribution in [-0.2, 0) is 14.8 Å². The van der Waals surface area contributed by atoms with Gasteiger partial charge in [-0.3, -0.25) is 0 Å². The van der Waals surface area contributed by atoms with Crippen LogP contribution in [0.2, 0.25) is 10.0 Å². The number of esters is 1. The summed E-state index contributed by atoms with van der Waals surface area (Å²) in [5.74, 6) is -0.458. The van der Waals surface area contributed by atoms with Gasteiger partial charge in [-0.2, -0.15) is 4.31 Å². The molecule has 9 heteroatoms. The lowest BCUT2D eigenvalue weighted by atomic mass is 10.1. The molecule has 1 heterocycles. The number of morpholine rings is 1. The molecule has 2 aromatic rings. The second-order valence-corrected chi connectivity index (χ2v) is 8.71. The first-order valence-corrected chi connectivity index (χ1v) is 10.3. The smallest absolute Gasteiger partial charge is 0.343 e. The van der Waals surface area contributed by atoms with E-state index in [1.54, 1.807) is 13.0 Å². The van der Waals surface area contributed by atoms with Gasteiger partial charge in [0.05, 0.1) is 33.7 Å². The van der Waals surface area contributed by atoms with Crippen molar-refractivity contribution in [2.24, 2.45) is 0 Å². The van der Waals surface area contributed by atoms with E-state index in [2.05, 4.69) is 0 Å². The van der Waals surface area contributed by atoms with Gasteiger partial charge in [0.1, 0.15) is 5.75 Å². The van der Waals surface area contributed by atoms with Gasteiger partial charge in [-0.1, -0.05) is 29.3 Å². The van der Waals surface area contributed by atoms with Crippen molar-refractivity contribution in [3.05, 3.63) is 57.6 Å². The first-order valence-electron chi connectivity index (χ1n) is 8.15. The summed E-state index contributed by atoms with van der Waals surface area (Å²) in [6, 6.07) is 8.84. The summed E-state index contributed by atoms with van der Waals surface area (Å²) in [7, 11) is -3.71. The Bertz CT molecular complexity index is 972. The minimum Gasteiger partial charge on any atom is -0.423 e. The number of carbonyl (C=O) groups excluding carboxylic acids is 1. The molecule has 0 bridgehead atoms. The summed E-state index contributed by atoms with van der Waals surface area (Å²) in [5.41, 5.74) is 0.761. The lowest BCUT2D eigenvalue weighted by Crippen LogP contribution is -2.40. The Hall–Kier alpha value is -1.64. The van der Waals surface area contributed by atoms with Crippen LogP contribution in [0.25, 0.3) is 0 Å². The lowest BCUT2D eigenvalue weighted by molar-refractivity contribution is 0.0727. The highest BCUT2D eigenvalue weighted by molar-refractivity contribution is 7.89. The molecule has 0 spiro atoms. The van der Waals surface area contributed by atoms with Gasteiger partial charge in [0.15, 0.2) is 0 Å². The number of ether oxygens (including phenoxy) is 2. The number of nitrogens with zero attached hydrogens (tertiary/aromatic N) is 1. The molecular weight excluding hydrogens is 413 g/mol. The first-order chi connectivity index (χ1) is 12.8. The van der Waals surface area contributed by atoms with Crippen molar-refractivity contribution in [3.63, 3.8) is 0 Å². The fourth-order valence-electron chi connectivity index (χ4n) is 2.62. The van der Waals surface area contributed by atoms with Crippen molar-refractivity contribution in [1.29, 1.82) is 0 Å². The quantitative estimate of drug-likeness (QED) is 0.548. The number of rotatable bonds is 4. The molecule has 0 aromatic heterocycles. The third kappa shape index (κ3) is 4.44. The molecule has 0 unspecified atom stereocenters. The Morgan fingerprint density at radius 3 is 2.44 bits per heavy atom. The number of hydrogen-bond acceptors (Lipinski definition) is 5. The number of benzene rings is 2. The van der Waals surface area contributed by atoms with Gasteiger partial charge in [-0.05, 0) is 36.8 Å². The van der Waals surface area contributed by atoms with E-state index in [0.29, 0.717) is 23.8 Å². The van der Waals surface area contributed by atoms with Crippen LogP contribution in [0.15, 0.2) is 41.3 Å². The first kappa shape index (κ1) is 20.1. The number of hydrogen-bond donors (Lipinski definition) is 0. The lowest BCUT2D eigenvalue weighted by Gasteiger charge is -2.26. The van der Waals surface area contributed by atoms with Crippen molar-refractivity contribution in [2.75, 3.05) is 26.3 Å². The Balaban J connectivity index is 1.88. The maximum absolute atomic E-state index is 12.8. The fourth-order valence-corrected chi connectivity index (χ4v) is 4.34. The fraction of sp³-hybridized carbons (Fsp3) is 0.278. The summed E-state index contributed by atoms with van der Waals surface area (Å²) in [6.45, 7) is 2.95. The van der Waals surface area contributed by atoms with Crippen LogP contribution in [0.1, 0.15) is 15.9 Å². The van der Waals surface area contributed by atoms with Crippen LogP contribution in [0, 0.1) is 6.92 Å². The van der Waals surface area contributed by atoms with E-state index in [9.17, 15) is 13.2 Å². The normalized spacial score (nSPS) is 15.5. The Morgan fingerprint density at radius 1 is 1.07 bits per heavy atom. The molecule has 6 nitrogen and oxygen atoms in total. The zero-order valence-electron chi connectivity index (χ0n) is 14.4. The molecule has 3 rings (SSSR count). The SMILES string of the molecule is Cc1ccc(S(=O)(=O)N2CCOCC2)cc1C(=O)Oc1ccc(Cl)c(Cl)c1. The number of halogens is 2. The van der Waals surface area contributed by atoms with Crippen LogP contribution in [0.3, 0.4) is 0 Å². The predicted molar refractivity (Wildman–Crippen MR) is 102 cm³/mol. The summed E-state index contributed by atoms with van der Waals surface area (Å²) < 4.78 is 37.5. The molecule has 1 aliphatic heterocycles. The highest BCUT2D eigenvalue weighted by atomic mass is 35.5. The second kappa shape index (κ2) is 8.16. The number of aryl methyl sites for hydroxylation is 1. The van der Waals surface area contributed by atoms with Crippen LogP contribution in [-0.4, -0.2) is 45.0 Å². The van der Waals surface area contributed by atoms with E-state index in [1.807, 2.05) is 0 Å².